The molecule has 3 aromatic heterocycles. The number of ether oxygens (including phenoxy) is 1. The van der Waals surface area contributed by atoms with Crippen molar-refractivity contribution in [1.82, 2.24) is 20.2 Å². The molecule has 1 aromatic carbocycles. The fourth-order valence-corrected chi connectivity index (χ4v) is 3.77. The summed E-state index contributed by atoms with van der Waals surface area (Å²) in [5.74, 6) is 1.59. The van der Waals surface area contributed by atoms with E-state index in [4.69, 9.17) is 16.3 Å². The highest BCUT2D eigenvalue weighted by molar-refractivity contribution is 6.31. The second-order valence-corrected chi connectivity index (χ2v) is 7.95. The van der Waals surface area contributed by atoms with Crippen LogP contribution in [0.5, 0.6) is 11.5 Å². The minimum atomic E-state index is 0.314. The molecule has 5 nitrogen and oxygen atoms in total. The largest absolute Gasteiger partial charge is 0.453 e. The highest BCUT2D eigenvalue weighted by Crippen LogP contribution is 2.42. The number of rotatable bonds is 4. The number of aromatic nitrogens is 4. The molecule has 0 saturated heterocycles. The Morgan fingerprint density at radius 3 is 2.62 bits per heavy atom. The van der Waals surface area contributed by atoms with Gasteiger partial charge in [-0.3, -0.25) is 5.10 Å². The van der Waals surface area contributed by atoms with Crippen molar-refractivity contribution in [2.24, 2.45) is 0 Å². The molecule has 0 spiro atoms. The van der Waals surface area contributed by atoms with Crippen molar-refractivity contribution in [3.63, 3.8) is 0 Å². The van der Waals surface area contributed by atoms with Gasteiger partial charge in [-0.05, 0) is 55.5 Å². The molecule has 6 heteroatoms. The number of nitrogens with one attached hydrogen (secondary N) is 1. The van der Waals surface area contributed by atoms with Crippen molar-refractivity contribution in [3.05, 3.63) is 64.1 Å². The minimum Gasteiger partial charge on any atom is -0.453 e. The zero-order chi connectivity index (χ0) is 20.7. The van der Waals surface area contributed by atoms with Crippen LogP contribution in [0.2, 0.25) is 5.15 Å². The van der Waals surface area contributed by atoms with Gasteiger partial charge in [0.05, 0.1) is 11.1 Å². The number of para-hydroxylation sites is 1. The molecule has 0 aliphatic rings. The van der Waals surface area contributed by atoms with Gasteiger partial charge in [0.15, 0.2) is 16.5 Å². The fraction of sp³-hybridized carbons (Fsp3) is 0.261. The quantitative estimate of drug-likeness (QED) is 0.392. The number of fused-ring (bicyclic) bond motifs is 1. The standard InChI is InChI=1S/C23H23ClN4O/c1-12(2)16-8-6-7-9-18(16)29-21-17(10-14(4)26-22(21)24)20-19-15(5)13(3)11-25-23(19)28-27-20/h6-12H,1-5H3,(H,25,27,28). The van der Waals surface area contributed by atoms with Crippen LogP contribution in [-0.4, -0.2) is 20.2 Å². The van der Waals surface area contributed by atoms with Crippen molar-refractivity contribution in [1.29, 1.82) is 0 Å². The molecule has 0 unspecified atom stereocenters. The first-order valence-electron chi connectivity index (χ1n) is 9.61. The van der Waals surface area contributed by atoms with E-state index in [1.54, 1.807) is 0 Å². The van der Waals surface area contributed by atoms with Gasteiger partial charge in [0.1, 0.15) is 5.75 Å². The van der Waals surface area contributed by atoms with Crippen LogP contribution in [0.15, 0.2) is 36.5 Å². The highest BCUT2D eigenvalue weighted by atomic mass is 35.5. The maximum Gasteiger partial charge on any atom is 0.181 e. The van der Waals surface area contributed by atoms with Crippen LogP contribution in [0, 0.1) is 20.8 Å². The van der Waals surface area contributed by atoms with Gasteiger partial charge in [-0.25, -0.2) is 9.97 Å². The molecule has 0 aliphatic heterocycles. The van der Waals surface area contributed by atoms with Crippen molar-refractivity contribution in [3.8, 4) is 22.8 Å². The molecule has 3 heterocycles. The predicted molar refractivity (Wildman–Crippen MR) is 117 cm³/mol. The van der Waals surface area contributed by atoms with Gasteiger partial charge in [0.2, 0.25) is 0 Å². The maximum absolute atomic E-state index is 6.57. The van der Waals surface area contributed by atoms with Crippen molar-refractivity contribution in [2.45, 2.75) is 40.5 Å². The normalized spacial score (nSPS) is 11.4. The Hall–Kier alpha value is -2.92. The second-order valence-electron chi connectivity index (χ2n) is 7.59. The lowest BCUT2D eigenvalue weighted by Gasteiger charge is -2.17. The molecular weight excluding hydrogens is 384 g/mol. The second kappa shape index (κ2) is 7.48. The number of aromatic amines is 1. The summed E-state index contributed by atoms with van der Waals surface area (Å²) in [7, 11) is 0. The van der Waals surface area contributed by atoms with Crippen LogP contribution < -0.4 is 4.74 Å². The lowest BCUT2D eigenvalue weighted by atomic mass is 10.0. The Kier molecular flexibility index (Phi) is 5.01. The number of nitrogens with zero attached hydrogens (tertiary/aromatic N) is 3. The number of benzene rings is 1. The molecule has 29 heavy (non-hydrogen) atoms. The van der Waals surface area contributed by atoms with E-state index < -0.39 is 0 Å². The van der Waals surface area contributed by atoms with Gasteiger partial charge in [-0.1, -0.05) is 43.6 Å². The zero-order valence-electron chi connectivity index (χ0n) is 17.2. The molecule has 0 bridgehead atoms. The van der Waals surface area contributed by atoms with E-state index in [0.717, 1.165) is 44.8 Å². The first-order chi connectivity index (χ1) is 13.9. The van der Waals surface area contributed by atoms with E-state index in [1.807, 2.05) is 44.3 Å². The van der Waals surface area contributed by atoms with Crippen LogP contribution in [0.25, 0.3) is 22.3 Å². The summed E-state index contributed by atoms with van der Waals surface area (Å²) in [5, 5.41) is 8.82. The fourth-order valence-electron chi connectivity index (χ4n) is 3.49. The summed E-state index contributed by atoms with van der Waals surface area (Å²) in [6, 6.07) is 9.96. The van der Waals surface area contributed by atoms with Crippen LogP contribution in [-0.2, 0) is 0 Å². The van der Waals surface area contributed by atoms with E-state index in [2.05, 4.69) is 47.0 Å². The van der Waals surface area contributed by atoms with Gasteiger partial charge < -0.3 is 4.74 Å². The SMILES string of the molecule is Cc1cc(-c2[nH]nc3ncc(C)c(C)c23)c(Oc2ccccc2C(C)C)c(Cl)n1. The minimum absolute atomic E-state index is 0.314. The average molecular weight is 407 g/mol. The molecule has 148 valence electrons. The lowest BCUT2D eigenvalue weighted by Crippen LogP contribution is -1.98. The molecule has 0 saturated carbocycles. The Morgan fingerprint density at radius 1 is 1.10 bits per heavy atom. The smallest absolute Gasteiger partial charge is 0.181 e. The Morgan fingerprint density at radius 2 is 1.86 bits per heavy atom. The van der Waals surface area contributed by atoms with E-state index in [0.29, 0.717) is 22.5 Å². The average Bonchev–Trinajstić information content (AvgIpc) is 3.11. The Labute approximate surface area is 175 Å². The summed E-state index contributed by atoms with van der Waals surface area (Å²) < 4.78 is 6.37. The summed E-state index contributed by atoms with van der Waals surface area (Å²) in [6.07, 6.45) is 1.84. The van der Waals surface area contributed by atoms with E-state index in [9.17, 15) is 0 Å². The monoisotopic (exact) mass is 406 g/mol. The lowest BCUT2D eigenvalue weighted by molar-refractivity contribution is 0.472. The molecule has 4 rings (SSSR count). The number of halogens is 1. The molecule has 4 aromatic rings. The molecule has 0 aliphatic carbocycles. The number of hydrogen-bond donors (Lipinski definition) is 1. The van der Waals surface area contributed by atoms with E-state index in [1.165, 1.54) is 0 Å². The molecule has 1 N–H and O–H groups in total. The molecule has 0 amide bonds. The molecular formula is C23H23ClN4O. The van der Waals surface area contributed by atoms with Crippen LogP contribution in [0.4, 0.5) is 0 Å². The summed E-state index contributed by atoms with van der Waals surface area (Å²) in [4.78, 5) is 8.88. The highest BCUT2D eigenvalue weighted by Gasteiger charge is 2.21. The Balaban J connectivity index is 1.94. The first kappa shape index (κ1) is 19.4. The molecule has 0 radical (unpaired) electrons. The maximum atomic E-state index is 6.57. The van der Waals surface area contributed by atoms with Gasteiger partial charge >= 0.3 is 0 Å². The topological polar surface area (TPSA) is 63.7 Å². The molecule has 0 fully saturated rings. The van der Waals surface area contributed by atoms with Crippen LogP contribution >= 0.6 is 11.6 Å². The van der Waals surface area contributed by atoms with Gasteiger partial charge in [-0.15, -0.1) is 0 Å². The first-order valence-corrected chi connectivity index (χ1v) is 9.99. The number of hydrogen-bond acceptors (Lipinski definition) is 4. The predicted octanol–water partition coefficient (Wildman–Crippen LogP) is 6.51. The third-order valence-electron chi connectivity index (χ3n) is 5.18. The third kappa shape index (κ3) is 3.47. The zero-order valence-corrected chi connectivity index (χ0v) is 17.9. The summed E-state index contributed by atoms with van der Waals surface area (Å²) >= 11 is 6.57. The van der Waals surface area contributed by atoms with Crippen molar-refractivity contribution >= 4 is 22.6 Å². The van der Waals surface area contributed by atoms with E-state index >= 15 is 0 Å². The third-order valence-corrected chi connectivity index (χ3v) is 5.43. The number of aryl methyl sites for hydroxylation is 3. The van der Waals surface area contributed by atoms with Gasteiger partial charge in [0.25, 0.3) is 0 Å². The molecule has 0 atom stereocenters. The Bertz CT molecular complexity index is 1210. The van der Waals surface area contributed by atoms with Gasteiger partial charge in [-0.2, -0.15) is 5.10 Å². The van der Waals surface area contributed by atoms with Crippen LogP contribution in [0.3, 0.4) is 0 Å². The summed E-state index contributed by atoms with van der Waals surface area (Å²) in [6.45, 7) is 10.3. The summed E-state index contributed by atoms with van der Waals surface area (Å²) in [5.41, 5.74) is 6.45. The van der Waals surface area contributed by atoms with Crippen molar-refractivity contribution in [2.75, 3.05) is 0 Å². The van der Waals surface area contributed by atoms with Crippen LogP contribution in [0.1, 0.15) is 42.1 Å². The number of pyridine rings is 2. The number of H-pyrrole nitrogens is 1. The van der Waals surface area contributed by atoms with E-state index in [-0.39, 0.29) is 0 Å². The van der Waals surface area contributed by atoms with Gasteiger partial charge in [0, 0.05) is 17.5 Å². The van der Waals surface area contributed by atoms with Crippen molar-refractivity contribution < 1.29 is 4.74 Å².